The summed E-state index contributed by atoms with van der Waals surface area (Å²) in [6, 6.07) is 6.55. The van der Waals surface area contributed by atoms with Crippen LogP contribution in [0.25, 0.3) is 0 Å². The number of aromatic nitrogens is 1. The first-order valence-corrected chi connectivity index (χ1v) is 8.41. The Balaban J connectivity index is 1.90. The molecule has 26 heavy (non-hydrogen) atoms. The van der Waals surface area contributed by atoms with Crippen LogP contribution < -0.4 is 4.74 Å². The summed E-state index contributed by atoms with van der Waals surface area (Å²) in [4.78, 5) is 17.2. The number of halogens is 4. The van der Waals surface area contributed by atoms with Crippen molar-refractivity contribution in [3.8, 4) is 5.75 Å². The van der Waals surface area contributed by atoms with Crippen molar-refractivity contribution in [3.05, 3.63) is 53.5 Å². The first kappa shape index (κ1) is 20.0. The molecule has 0 aliphatic heterocycles. The largest absolute Gasteiger partial charge is 0.494 e. The van der Waals surface area contributed by atoms with E-state index in [0.29, 0.717) is 10.6 Å². The lowest BCUT2D eigenvalue weighted by molar-refractivity contribution is -0.138. The zero-order valence-electron chi connectivity index (χ0n) is 14.0. The summed E-state index contributed by atoms with van der Waals surface area (Å²) in [6.07, 6.45) is -3.71. The minimum atomic E-state index is -4.44. The number of hydrogen-bond acceptors (Lipinski definition) is 4. The molecular weight excluding hydrogens is 372 g/mol. The molecule has 0 atom stereocenters. The van der Waals surface area contributed by atoms with Crippen LogP contribution in [0.5, 0.6) is 5.75 Å². The number of benzene rings is 1. The van der Waals surface area contributed by atoms with Crippen LogP contribution in [-0.2, 0) is 17.5 Å². The minimum Gasteiger partial charge on any atom is -0.494 e. The lowest BCUT2D eigenvalue weighted by Crippen LogP contribution is -2.27. The Morgan fingerprint density at radius 3 is 2.54 bits per heavy atom. The molecular formula is C17H16F4N2O2S. The van der Waals surface area contributed by atoms with E-state index in [9.17, 15) is 22.4 Å². The highest BCUT2D eigenvalue weighted by Crippen LogP contribution is 2.29. The number of pyridine rings is 1. The van der Waals surface area contributed by atoms with Gasteiger partial charge in [-0.15, -0.1) is 0 Å². The number of carbonyl (C=O) groups is 1. The summed E-state index contributed by atoms with van der Waals surface area (Å²) < 4.78 is 55.9. The van der Waals surface area contributed by atoms with Gasteiger partial charge in [-0.25, -0.2) is 9.37 Å². The molecule has 0 saturated carbocycles. The van der Waals surface area contributed by atoms with E-state index in [2.05, 4.69) is 4.98 Å². The normalized spacial score (nSPS) is 11.3. The van der Waals surface area contributed by atoms with Crippen molar-refractivity contribution in [1.82, 2.24) is 9.88 Å². The fourth-order valence-electron chi connectivity index (χ4n) is 2.05. The van der Waals surface area contributed by atoms with Crippen LogP contribution in [0.3, 0.4) is 0 Å². The monoisotopic (exact) mass is 388 g/mol. The second-order valence-corrected chi connectivity index (χ2v) is 6.39. The van der Waals surface area contributed by atoms with Crippen LogP contribution in [0, 0.1) is 5.82 Å². The van der Waals surface area contributed by atoms with Crippen molar-refractivity contribution in [3.63, 3.8) is 0 Å². The van der Waals surface area contributed by atoms with Gasteiger partial charge in [-0.2, -0.15) is 13.2 Å². The smallest absolute Gasteiger partial charge is 0.417 e. The summed E-state index contributed by atoms with van der Waals surface area (Å²) in [5.74, 6) is -0.651. The Kier molecular flexibility index (Phi) is 6.47. The predicted molar refractivity (Wildman–Crippen MR) is 89.4 cm³/mol. The highest BCUT2D eigenvalue weighted by molar-refractivity contribution is 7.99. The molecule has 0 bridgehead atoms. The molecule has 1 heterocycles. The van der Waals surface area contributed by atoms with Gasteiger partial charge >= 0.3 is 6.18 Å². The molecule has 0 aliphatic carbocycles. The van der Waals surface area contributed by atoms with Crippen molar-refractivity contribution >= 4 is 17.7 Å². The number of methoxy groups -OCH3 is 1. The average molecular weight is 388 g/mol. The van der Waals surface area contributed by atoms with Crippen molar-refractivity contribution in [1.29, 1.82) is 0 Å². The first-order valence-electron chi connectivity index (χ1n) is 7.43. The molecule has 9 heteroatoms. The Hall–Kier alpha value is -2.29. The lowest BCUT2D eigenvalue weighted by Gasteiger charge is -2.17. The SMILES string of the molecule is COc1ccc(CN(C)C(=O)CSc2ccc(C(F)(F)F)cn2)cc1F. The number of ether oxygens (including phenoxy) is 1. The van der Waals surface area contributed by atoms with Crippen LogP contribution >= 0.6 is 11.8 Å². The summed E-state index contributed by atoms with van der Waals surface area (Å²) in [5, 5.41) is 0.315. The number of carbonyl (C=O) groups excluding carboxylic acids is 1. The molecule has 0 aliphatic rings. The Bertz CT molecular complexity index is 766. The van der Waals surface area contributed by atoms with Gasteiger partial charge in [0.05, 0.1) is 23.5 Å². The Morgan fingerprint density at radius 1 is 1.27 bits per heavy atom. The van der Waals surface area contributed by atoms with E-state index in [0.717, 1.165) is 24.0 Å². The molecule has 0 radical (unpaired) electrons. The lowest BCUT2D eigenvalue weighted by atomic mass is 10.2. The van der Waals surface area contributed by atoms with Crippen molar-refractivity contribution in [2.24, 2.45) is 0 Å². The maximum Gasteiger partial charge on any atom is 0.417 e. The quantitative estimate of drug-likeness (QED) is 0.554. The fourth-order valence-corrected chi connectivity index (χ4v) is 2.83. The van der Waals surface area contributed by atoms with Crippen LogP contribution in [0.15, 0.2) is 41.6 Å². The number of hydrogen-bond donors (Lipinski definition) is 0. The third-order valence-corrected chi connectivity index (χ3v) is 4.40. The maximum atomic E-state index is 13.7. The average Bonchev–Trinajstić information content (AvgIpc) is 2.59. The molecule has 0 fully saturated rings. The predicted octanol–water partition coefficient (Wildman–Crippen LogP) is 4.00. The first-order chi connectivity index (χ1) is 12.2. The molecule has 1 aromatic carbocycles. The molecule has 2 aromatic rings. The van der Waals surface area contributed by atoms with Gasteiger partial charge < -0.3 is 9.64 Å². The number of nitrogens with zero attached hydrogens (tertiary/aromatic N) is 2. The van der Waals surface area contributed by atoms with Gasteiger partial charge in [0.25, 0.3) is 0 Å². The van der Waals surface area contributed by atoms with Gasteiger partial charge in [-0.3, -0.25) is 4.79 Å². The molecule has 0 N–H and O–H groups in total. The van der Waals surface area contributed by atoms with E-state index in [4.69, 9.17) is 4.74 Å². The zero-order valence-corrected chi connectivity index (χ0v) is 14.8. The van der Waals surface area contributed by atoms with Crippen molar-refractivity contribution in [2.75, 3.05) is 19.9 Å². The maximum absolute atomic E-state index is 13.7. The number of alkyl halides is 3. The topological polar surface area (TPSA) is 42.4 Å². The number of rotatable bonds is 6. The van der Waals surface area contributed by atoms with Crippen LogP contribution in [0.1, 0.15) is 11.1 Å². The summed E-state index contributed by atoms with van der Waals surface area (Å²) in [5.41, 5.74) is -0.247. The van der Waals surface area contributed by atoms with E-state index in [1.807, 2.05) is 0 Å². The van der Waals surface area contributed by atoms with Crippen molar-refractivity contribution in [2.45, 2.75) is 17.7 Å². The van der Waals surface area contributed by atoms with E-state index in [-0.39, 0.29) is 24.0 Å². The fraction of sp³-hybridized carbons (Fsp3) is 0.294. The zero-order chi connectivity index (χ0) is 19.3. The van der Waals surface area contributed by atoms with Crippen molar-refractivity contribution < 1.29 is 27.1 Å². The number of thioether (sulfide) groups is 1. The van der Waals surface area contributed by atoms with Gasteiger partial charge in [0, 0.05) is 19.8 Å². The Morgan fingerprint density at radius 2 is 2.00 bits per heavy atom. The van der Waals surface area contributed by atoms with E-state index in [1.165, 1.54) is 30.2 Å². The highest BCUT2D eigenvalue weighted by atomic mass is 32.2. The van der Waals surface area contributed by atoms with Gasteiger partial charge in [0.1, 0.15) is 0 Å². The third-order valence-electron chi connectivity index (χ3n) is 3.47. The molecule has 0 saturated heterocycles. The second kappa shape index (κ2) is 8.39. The van der Waals surface area contributed by atoms with E-state index < -0.39 is 17.6 Å². The van der Waals surface area contributed by atoms with Crippen LogP contribution in [0.2, 0.25) is 0 Å². The van der Waals surface area contributed by atoms with Crippen LogP contribution in [-0.4, -0.2) is 35.7 Å². The molecule has 140 valence electrons. The standard InChI is InChI=1S/C17H16F4N2O2S/c1-23(9-11-3-5-14(25-2)13(18)7-11)16(24)10-26-15-6-4-12(8-22-15)17(19,20)21/h3-8H,9-10H2,1-2H3. The third kappa shape index (κ3) is 5.35. The Labute approximate surface area is 152 Å². The second-order valence-electron chi connectivity index (χ2n) is 5.39. The minimum absolute atomic E-state index is 0.00744. The van der Waals surface area contributed by atoms with Gasteiger partial charge in [0.15, 0.2) is 11.6 Å². The molecule has 0 spiro atoms. The van der Waals surface area contributed by atoms with E-state index >= 15 is 0 Å². The highest BCUT2D eigenvalue weighted by Gasteiger charge is 2.30. The van der Waals surface area contributed by atoms with Crippen LogP contribution in [0.4, 0.5) is 17.6 Å². The van der Waals surface area contributed by atoms with E-state index in [1.54, 1.807) is 13.1 Å². The summed E-state index contributed by atoms with van der Waals surface area (Å²) in [7, 11) is 2.92. The molecule has 1 aromatic heterocycles. The van der Waals surface area contributed by atoms with Gasteiger partial charge in [-0.1, -0.05) is 17.8 Å². The van der Waals surface area contributed by atoms with Gasteiger partial charge in [-0.05, 0) is 29.8 Å². The summed E-state index contributed by atoms with van der Waals surface area (Å²) >= 11 is 1.03. The van der Waals surface area contributed by atoms with Gasteiger partial charge in [0.2, 0.25) is 5.91 Å². The molecule has 4 nitrogen and oxygen atoms in total. The summed E-state index contributed by atoms with van der Waals surface area (Å²) in [6.45, 7) is 0.195. The number of amides is 1. The molecule has 2 rings (SSSR count). The molecule has 0 unspecified atom stereocenters. The molecule has 1 amide bonds.